The summed E-state index contributed by atoms with van der Waals surface area (Å²) in [5.74, 6) is 1.12. The summed E-state index contributed by atoms with van der Waals surface area (Å²) in [4.78, 5) is 0.988. The molecule has 1 aromatic rings. The number of rotatable bonds is 2. The monoisotopic (exact) mass is 268 g/mol. The summed E-state index contributed by atoms with van der Waals surface area (Å²) < 4.78 is 4.06. The topological polar surface area (TPSA) is 46.0 Å². The molecule has 0 amide bonds. The van der Waals surface area contributed by atoms with Crippen molar-refractivity contribution in [2.45, 2.75) is 64.9 Å². The lowest BCUT2D eigenvalue weighted by Crippen LogP contribution is -2.23. The molecule has 3 atom stereocenters. The number of aromatic nitrogens is 2. The summed E-state index contributed by atoms with van der Waals surface area (Å²) in [6, 6.07) is 0. The van der Waals surface area contributed by atoms with Crippen LogP contribution in [0.3, 0.4) is 0 Å². The fraction of sp³-hybridized carbons (Fsp3) is 0.857. The predicted octanol–water partition coefficient (Wildman–Crippen LogP) is 3.70. The lowest BCUT2D eigenvalue weighted by molar-refractivity contribution is 0.0726. The van der Waals surface area contributed by atoms with Crippen molar-refractivity contribution in [3.05, 3.63) is 10.6 Å². The smallest absolute Gasteiger partial charge is 0.0945 e. The second-order valence-electron chi connectivity index (χ2n) is 6.71. The molecule has 0 radical (unpaired) electrons. The van der Waals surface area contributed by atoms with Gasteiger partial charge in [0.05, 0.1) is 16.7 Å². The Kier molecular flexibility index (Phi) is 4.07. The van der Waals surface area contributed by atoms with Gasteiger partial charge in [0.25, 0.3) is 0 Å². The van der Waals surface area contributed by atoms with Gasteiger partial charge < -0.3 is 5.11 Å². The normalized spacial score (nSPS) is 27.2. The molecule has 1 aliphatic rings. The van der Waals surface area contributed by atoms with Crippen molar-refractivity contribution in [3.8, 4) is 0 Å². The van der Waals surface area contributed by atoms with Gasteiger partial charge in [0.2, 0.25) is 0 Å². The highest BCUT2D eigenvalue weighted by Gasteiger charge is 2.32. The number of aliphatic hydroxyl groups is 1. The first-order valence-electron chi connectivity index (χ1n) is 6.90. The minimum atomic E-state index is -0.373. The Balaban J connectivity index is 2.18. The van der Waals surface area contributed by atoms with Crippen LogP contribution >= 0.6 is 11.5 Å². The third-order valence-corrected chi connectivity index (χ3v) is 4.71. The van der Waals surface area contributed by atoms with Crippen LogP contribution in [0.15, 0.2) is 0 Å². The molecule has 1 aromatic heterocycles. The average molecular weight is 268 g/mol. The molecule has 0 spiro atoms. The second-order valence-corrected chi connectivity index (χ2v) is 7.50. The summed E-state index contributed by atoms with van der Waals surface area (Å²) in [7, 11) is 0. The fourth-order valence-electron chi connectivity index (χ4n) is 2.89. The largest absolute Gasteiger partial charge is 0.387 e. The van der Waals surface area contributed by atoms with Gasteiger partial charge in [0.1, 0.15) is 0 Å². The van der Waals surface area contributed by atoms with Crippen molar-refractivity contribution in [1.82, 2.24) is 9.59 Å². The van der Waals surface area contributed by atoms with Crippen LogP contribution in [0.25, 0.3) is 0 Å². The second kappa shape index (κ2) is 5.25. The average Bonchev–Trinajstić information content (AvgIpc) is 2.76. The van der Waals surface area contributed by atoms with E-state index in [1.165, 1.54) is 24.4 Å². The van der Waals surface area contributed by atoms with Crippen molar-refractivity contribution in [2.75, 3.05) is 0 Å². The lowest BCUT2D eigenvalue weighted by atomic mass is 9.78. The zero-order valence-corrected chi connectivity index (χ0v) is 12.6. The van der Waals surface area contributed by atoms with Crippen molar-refractivity contribution in [3.63, 3.8) is 0 Å². The molecule has 3 unspecified atom stereocenters. The molecule has 0 bridgehead atoms. The Bertz CT molecular complexity index is 397. The summed E-state index contributed by atoms with van der Waals surface area (Å²) in [6.07, 6.45) is 4.42. The fourth-order valence-corrected chi connectivity index (χ4v) is 3.84. The number of hydrogen-bond acceptors (Lipinski definition) is 4. The van der Waals surface area contributed by atoms with Crippen molar-refractivity contribution in [1.29, 1.82) is 0 Å². The van der Waals surface area contributed by atoms with E-state index >= 15 is 0 Å². The highest BCUT2D eigenvalue weighted by Crippen LogP contribution is 2.40. The summed E-state index contributed by atoms with van der Waals surface area (Å²) in [6.45, 7) is 8.67. The maximum Gasteiger partial charge on any atom is 0.0945 e. The molecular weight excluding hydrogens is 244 g/mol. The summed E-state index contributed by atoms with van der Waals surface area (Å²) >= 11 is 1.37. The first-order valence-corrected chi connectivity index (χ1v) is 7.67. The van der Waals surface area contributed by atoms with Gasteiger partial charge in [-0.2, -0.15) is 0 Å². The van der Waals surface area contributed by atoms with E-state index in [1.54, 1.807) is 0 Å². The van der Waals surface area contributed by atoms with Crippen LogP contribution in [0.1, 0.15) is 70.1 Å². The molecule has 0 aromatic carbocycles. The zero-order chi connectivity index (χ0) is 13.3. The van der Waals surface area contributed by atoms with Gasteiger partial charge in [-0.05, 0) is 36.2 Å². The first kappa shape index (κ1) is 13.9. The Hall–Kier alpha value is -0.480. The van der Waals surface area contributed by atoms with Gasteiger partial charge in [-0.15, -0.1) is 5.10 Å². The van der Waals surface area contributed by atoms with Gasteiger partial charge in [-0.25, -0.2) is 0 Å². The van der Waals surface area contributed by atoms with Gasteiger partial charge in [0, 0.05) is 5.41 Å². The van der Waals surface area contributed by atoms with Gasteiger partial charge in [0.15, 0.2) is 0 Å². The summed E-state index contributed by atoms with van der Waals surface area (Å²) in [5, 5.41) is 14.9. The molecule has 1 aliphatic carbocycles. The Morgan fingerprint density at radius 1 is 1.33 bits per heavy atom. The maximum atomic E-state index is 10.6. The number of nitrogens with zero attached hydrogens (tertiary/aromatic N) is 2. The van der Waals surface area contributed by atoms with E-state index in [4.69, 9.17) is 0 Å². The molecular formula is C14H24N2OS. The first-order chi connectivity index (χ1) is 8.39. The van der Waals surface area contributed by atoms with Crippen molar-refractivity contribution in [2.24, 2.45) is 11.8 Å². The van der Waals surface area contributed by atoms with Gasteiger partial charge in [-0.3, -0.25) is 0 Å². The third-order valence-electron chi connectivity index (χ3n) is 3.92. The molecule has 102 valence electrons. The van der Waals surface area contributed by atoms with Crippen molar-refractivity contribution >= 4 is 11.5 Å². The Morgan fingerprint density at radius 2 is 2.06 bits per heavy atom. The van der Waals surface area contributed by atoms with Gasteiger partial charge >= 0.3 is 0 Å². The van der Waals surface area contributed by atoms with E-state index in [2.05, 4.69) is 37.3 Å². The van der Waals surface area contributed by atoms with E-state index in [0.29, 0.717) is 5.92 Å². The molecule has 3 nitrogen and oxygen atoms in total. The Labute approximate surface area is 114 Å². The number of hydrogen-bond donors (Lipinski definition) is 1. The molecule has 1 N–H and O–H groups in total. The molecule has 4 heteroatoms. The predicted molar refractivity (Wildman–Crippen MR) is 74.7 cm³/mol. The van der Waals surface area contributed by atoms with E-state index in [-0.39, 0.29) is 11.5 Å². The number of aliphatic hydroxyl groups excluding tert-OH is 1. The van der Waals surface area contributed by atoms with Crippen LogP contribution in [-0.2, 0) is 5.41 Å². The Morgan fingerprint density at radius 3 is 2.67 bits per heavy atom. The van der Waals surface area contributed by atoms with Crippen LogP contribution in [-0.4, -0.2) is 14.7 Å². The minimum absolute atomic E-state index is 0.0381. The lowest BCUT2D eigenvalue weighted by Gasteiger charge is -2.31. The maximum absolute atomic E-state index is 10.6. The van der Waals surface area contributed by atoms with Crippen LogP contribution in [0.2, 0.25) is 0 Å². The SMILES string of the molecule is CC1CCCC(C(O)c2snnc2C(C)(C)C)C1. The highest BCUT2D eigenvalue weighted by atomic mass is 32.1. The zero-order valence-electron chi connectivity index (χ0n) is 11.8. The highest BCUT2D eigenvalue weighted by molar-refractivity contribution is 7.05. The molecule has 0 aliphatic heterocycles. The van der Waals surface area contributed by atoms with E-state index < -0.39 is 0 Å². The van der Waals surface area contributed by atoms with Crippen LogP contribution in [0.5, 0.6) is 0 Å². The molecule has 1 saturated carbocycles. The van der Waals surface area contributed by atoms with E-state index in [9.17, 15) is 5.11 Å². The third kappa shape index (κ3) is 2.91. The van der Waals surface area contributed by atoms with Crippen molar-refractivity contribution < 1.29 is 5.11 Å². The van der Waals surface area contributed by atoms with Crippen LogP contribution in [0.4, 0.5) is 0 Å². The molecule has 18 heavy (non-hydrogen) atoms. The molecule has 1 fully saturated rings. The van der Waals surface area contributed by atoms with Crippen LogP contribution in [0, 0.1) is 11.8 Å². The standard InChI is InChI=1S/C14H24N2OS/c1-9-6-5-7-10(8-9)11(17)12-13(14(2,3)4)15-16-18-12/h9-11,17H,5-8H2,1-4H3. The van der Waals surface area contributed by atoms with Crippen LogP contribution < -0.4 is 0 Å². The van der Waals surface area contributed by atoms with Gasteiger partial charge in [-0.1, -0.05) is 45.0 Å². The molecule has 0 saturated heterocycles. The molecule has 1 heterocycles. The quantitative estimate of drug-likeness (QED) is 0.889. The van der Waals surface area contributed by atoms with E-state index in [1.807, 2.05) is 0 Å². The van der Waals surface area contributed by atoms with E-state index in [0.717, 1.165) is 29.3 Å². The molecule has 2 rings (SSSR count). The summed E-state index contributed by atoms with van der Waals surface area (Å²) in [5.41, 5.74) is 0.932. The minimum Gasteiger partial charge on any atom is -0.387 e.